The summed E-state index contributed by atoms with van der Waals surface area (Å²) in [4.78, 5) is 25.7. The lowest BCUT2D eigenvalue weighted by molar-refractivity contribution is 0.0664. The van der Waals surface area contributed by atoms with Gasteiger partial charge in [0, 0.05) is 37.3 Å². The zero-order valence-electron chi connectivity index (χ0n) is 16.5. The molecule has 1 aliphatic rings. The number of aromatic hydroxyl groups is 1. The van der Waals surface area contributed by atoms with Gasteiger partial charge in [-0.05, 0) is 49.5 Å². The van der Waals surface area contributed by atoms with E-state index in [4.69, 9.17) is 11.6 Å². The van der Waals surface area contributed by atoms with E-state index in [9.17, 15) is 9.90 Å². The number of aromatic nitrogens is 2. The summed E-state index contributed by atoms with van der Waals surface area (Å²) in [6.07, 6.45) is 3.24. The maximum atomic E-state index is 12.9. The van der Waals surface area contributed by atoms with Crippen molar-refractivity contribution in [3.63, 3.8) is 0 Å². The van der Waals surface area contributed by atoms with E-state index in [0.717, 1.165) is 18.7 Å². The molecule has 2 N–H and O–H groups in total. The van der Waals surface area contributed by atoms with Gasteiger partial charge in [0.2, 0.25) is 0 Å². The van der Waals surface area contributed by atoms with Crippen LogP contribution in [0, 0.1) is 0 Å². The third-order valence-electron chi connectivity index (χ3n) is 5.06. The predicted molar refractivity (Wildman–Crippen MR) is 117 cm³/mol. The van der Waals surface area contributed by atoms with Crippen molar-refractivity contribution in [1.29, 1.82) is 0 Å². The summed E-state index contributed by atoms with van der Waals surface area (Å²) in [7, 11) is 2.06. The summed E-state index contributed by atoms with van der Waals surface area (Å²) in [5.74, 6) is 0.688. The minimum atomic E-state index is -0.00764. The van der Waals surface area contributed by atoms with E-state index >= 15 is 0 Å². The molecule has 154 valence electrons. The largest absolute Gasteiger partial charge is 0.508 e. The Balaban J connectivity index is 1.55. The van der Waals surface area contributed by atoms with E-state index in [0.29, 0.717) is 40.9 Å². The van der Waals surface area contributed by atoms with Crippen molar-refractivity contribution in [2.45, 2.75) is 0 Å². The van der Waals surface area contributed by atoms with Crippen molar-refractivity contribution in [3.05, 3.63) is 65.4 Å². The van der Waals surface area contributed by atoms with E-state index in [1.54, 1.807) is 54.9 Å². The number of carbonyl (C=O) groups excluding carboxylic acids is 1. The van der Waals surface area contributed by atoms with Gasteiger partial charge in [-0.15, -0.1) is 0 Å². The fraction of sp³-hybridized carbons (Fsp3) is 0.227. The van der Waals surface area contributed by atoms with E-state index < -0.39 is 0 Å². The standard InChI is InChI=1S/C22H22ClN5O2/c1-27-8-10-28(11-9-27)22(30)16-4-7-18(23)19(12-16)25-21-14-24-13-20(26-21)15-2-5-17(29)6-3-15/h2-7,12-14,29H,8-11H2,1H3,(H,25,26). The van der Waals surface area contributed by atoms with Gasteiger partial charge < -0.3 is 20.2 Å². The second-order valence-electron chi connectivity index (χ2n) is 7.25. The highest BCUT2D eigenvalue weighted by Crippen LogP contribution is 2.28. The fourth-order valence-electron chi connectivity index (χ4n) is 3.28. The number of rotatable bonds is 4. The first-order valence-electron chi connectivity index (χ1n) is 9.65. The van der Waals surface area contributed by atoms with Crippen molar-refractivity contribution in [2.75, 3.05) is 38.5 Å². The van der Waals surface area contributed by atoms with Gasteiger partial charge in [-0.1, -0.05) is 11.6 Å². The SMILES string of the molecule is CN1CCN(C(=O)c2ccc(Cl)c(Nc3cncc(-c4ccc(O)cc4)n3)c2)CC1. The molecule has 2 heterocycles. The van der Waals surface area contributed by atoms with Gasteiger partial charge in [-0.2, -0.15) is 0 Å². The smallest absolute Gasteiger partial charge is 0.254 e. The molecule has 0 unspecified atom stereocenters. The maximum Gasteiger partial charge on any atom is 0.254 e. The monoisotopic (exact) mass is 423 g/mol. The average Bonchev–Trinajstić information content (AvgIpc) is 2.76. The lowest BCUT2D eigenvalue weighted by atomic mass is 10.1. The summed E-state index contributed by atoms with van der Waals surface area (Å²) < 4.78 is 0. The summed E-state index contributed by atoms with van der Waals surface area (Å²) in [5, 5.41) is 13.1. The van der Waals surface area contributed by atoms with Gasteiger partial charge >= 0.3 is 0 Å². The van der Waals surface area contributed by atoms with Gasteiger partial charge in [0.25, 0.3) is 5.91 Å². The number of nitrogens with zero attached hydrogens (tertiary/aromatic N) is 4. The Labute approximate surface area is 179 Å². The first-order valence-corrected chi connectivity index (χ1v) is 10.0. The van der Waals surface area contributed by atoms with Crippen LogP contribution in [-0.4, -0.2) is 64.0 Å². The van der Waals surface area contributed by atoms with Crippen LogP contribution < -0.4 is 5.32 Å². The number of phenolic OH excluding ortho intramolecular Hbond substituents is 1. The van der Waals surface area contributed by atoms with E-state index in [-0.39, 0.29) is 11.7 Å². The Morgan fingerprint density at radius 2 is 1.80 bits per heavy atom. The first-order chi connectivity index (χ1) is 14.5. The van der Waals surface area contributed by atoms with E-state index in [2.05, 4.69) is 27.2 Å². The summed E-state index contributed by atoms with van der Waals surface area (Å²) in [6, 6.07) is 11.9. The molecule has 3 aromatic rings. The zero-order chi connectivity index (χ0) is 21.1. The van der Waals surface area contributed by atoms with Crippen molar-refractivity contribution < 1.29 is 9.90 Å². The topological polar surface area (TPSA) is 81.6 Å². The molecular weight excluding hydrogens is 402 g/mol. The first kappa shape index (κ1) is 20.1. The molecule has 0 bridgehead atoms. The van der Waals surface area contributed by atoms with E-state index in [1.807, 2.05) is 4.90 Å². The van der Waals surface area contributed by atoms with Crippen LogP contribution in [0.3, 0.4) is 0 Å². The number of hydrogen-bond acceptors (Lipinski definition) is 6. The molecule has 1 amide bonds. The molecule has 1 fully saturated rings. The Morgan fingerprint density at radius 1 is 1.07 bits per heavy atom. The average molecular weight is 424 g/mol. The molecule has 0 radical (unpaired) electrons. The normalized spacial score (nSPS) is 14.5. The molecular formula is C22H22ClN5O2. The van der Waals surface area contributed by atoms with Crippen molar-refractivity contribution in [3.8, 4) is 17.0 Å². The molecule has 4 rings (SSSR count). The zero-order valence-corrected chi connectivity index (χ0v) is 17.3. The molecule has 0 saturated carbocycles. The van der Waals surface area contributed by atoms with Crippen LogP contribution in [0.5, 0.6) is 5.75 Å². The van der Waals surface area contributed by atoms with Crippen molar-refractivity contribution in [2.24, 2.45) is 0 Å². The van der Waals surface area contributed by atoms with Gasteiger partial charge in [-0.3, -0.25) is 9.78 Å². The number of piperazine rings is 1. The number of amides is 1. The fourth-order valence-corrected chi connectivity index (χ4v) is 3.45. The number of nitrogens with one attached hydrogen (secondary N) is 1. The van der Waals surface area contributed by atoms with Gasteiger partial charge in [0.1, 0.15) is 11.6 Å². The highest BCUT2D eigenvalue weighted by atomic mass is 35.5. The molecule has 1 aromatic heterocycles. The number of hydrogen-bond donors (Lipinski definition) is 2. The molecule has 0 aliphatic carbocycles. The second kappa shape index (κ2) is 8.69. The molecule has 0 spiro atoms. The Kier molecular flexibility index (Phi) is 5.83. The Bertz CT molecular complexity index is 1050. The van der Waals surface area contributed by atoms with E-state index in [1.165, 1.54) is 0 Å². The molecule has 7 nitrogen and oxygen atoms in total. The number of benzene rings is 2. The Morgan fingerprint density at radius 3 is 2.53 bits per heavy atom. The highest BCUT2D eigenvalue weighted by Gasteiger charge is 2.21. The highest BCUT2D eigenvalue weighted by molar-refractivity contribution is 6.33. The van der Waals surface area contributed by atoms with Crippen LogP contribution in [0.2, 0.25) is 5.02 Å². The lowest BCUT2D eigenvalue weighted by Crippen LogP contribution is -2.47. The lowest BCUT2D eigenvalue weighted by Gasteiger charge is -2.32. The molecule has 30 heavy (non-hydrogen) atoms. The molecule has 0 atom stereocenters. The van der Waals surface area contributed by atoms with Crippen LogP contribution in [0.25, 0.3) is 11.3 Å². The molecule has 2 aromatic carbocycles. The summed E-state index contributed by atoms with van der Waals surface area (Å²) >= 11 is 6.36. The van der Waals surface area contributed by atoms with Gasteiger partial charge in [0.15, 0.2) is 0 Å². The van der Waals surface area contributed by atoms with Crippen molar-refractivity contribution >= 4 is 29.0 Å². The third-order valence-corrected chi connectivity index (χ3v) is 5.39. The quantitative estimate of drug-likeness (QED) is 0.666. The summed E-state index contributed by atoms with van der Waals surface area (Å²) in [5.41, 5.74) is 2.65. The van der Waals surface area contributed by atoms with Crippen LogP contribution in [0.4, 0.5) is 11.5 Å². The number of halogens is 1. The van der Waals surface area contributed by atoms with Crippen LogP contribution in [0.15, 0.2) is 54.9 Å². The number of likely N-dealkylation sites (N-methyl/N-ethyl adjacent to an activating group) is 1. The number of anilines is 2. The second-order valence-corrected chi connectivity index (χ2v) is 7.66. The minimum Gasteiger partial charge on any atom is -0.508 e. The minimum absolute atomic E-state index is 0.00764. The molecule has 8 heteroatoms. The van der Waals surface area contributed by atoms with Crippen LogP contribution in [0.1, 0.15) is 10.4 Å². The molecule has 1 aliphatic heterocycles. The third kappa shape index (κ3) is 4.53. The number of phenols is 1. The number of carbonyl (C=O) groups is 1. The van der Waals surface area contributed by atoms with Crippen LogP contribution in [-0.2, 0) is 0 Å². The van der Waals surface area contributed by atoms with Gasteiger partial charge in [-0.25, -0.2) is 4.98 Å². The Hall–Kier alpha value is -3.16. The maximum absolute atomic E-state index is 12.9. The van der Waals surface area contributed by atoms with Crippen molar-refractivity contribution in [1.82, 2.24) is 19.8 Å². The van der Waals surface area contributed by atoms with Crippen LogP contribution >= 0.6 is 11.6 Å². The van der Waals surface area contributed by atoms with Gasteiger partial charge in [0.05, 0.1) is 28.8 Å². The summed E-state index contributed by atoms with van der Waals surface area (Å²) in [6.45, 7) is 3.15. The molecule has 1 saturated heterocycles. The predicted octanol–water partition coefficient (Wildman–Crippen LogP) is 3.63.